The third-order valence-electron chi connectivity index (χ3n) is 5.82. The number of likely N-dealkylation sites (tertiary alicyclic amines) is 1. The second-order valence-corrected chi connectivity index (χ2v) is 8.21. The Bertz CT molecular complexity index is 802. The van der Waals surface area contributed by atoms with Gasteiger partial charge < -0.3 is 24.6 Å². The molecule has 2 fully saturated rings. The molecule has 2 heterocycles. The van der Waals surface area contributed by atoms with E-state index in [2.05, 4.69) is 5.32 Å². The van der Waals surface area contributed by atoms with Crippen LogP contribution in [0.1, 0.15) is 33.1 Å². The van der Waals surface area contributed by atoms with E-state index >= 15 is 0 Å². The Balaban J connectivity index is 1.56. The minimum Gasteiger partial charge on any atom is -0.493 e. The molecule has 3 rings (SSSR count). The molecule has 0 saturated carbocycles. The zero-order chi connectivity index (χ0) is 21.8. The van der Waals surface area contributed by atoms with E-state index in [1.165, 1.54) is 0 Å². The molecule has 1 aromatic rings. The lowest BCUT2D eigenvalue weighted by molar-refractivity contribution is -0.135. The van der Waals surface area contributed by atoms with Gasteiger partial charge in [-0.2, -0.15) is 0 Å². The van der Waals surface area contributed by atoms with Crippen molar-refractivity contribution in [2.45, 2.75) is 39.2 Å². The number of anilines is 1. The number of hydrogen-bond donors (Lipinski definition) is 1. The van der Waals surface area contributed by atoms with Gasteiger partial charge in [-0.1, -0.05) is 13.8 Å². The first-order valence-electron chi connectivity index (χ1n) is 10.5. The highest BCUT2D eigenvalue weighted by molar-refractivity contribution is 6.00. The molecule has 3 amide bonds. The van der Waals surface area contributed by atoms with Gasteiger partial charge in [0.1, 0.15) is 0 Å². The molecule has 1 atom stereocenters. The van der Waals surface area contributed by atoms with Crippen LogP contribution in [0.5, 0.6) is 11.5 Å². The van der Waals surface area contributed by atoms with E-state index in [-0.39, 0.29) is 42.0 Å². The van der Waals surface area contributed by atoms with Gasteiger partial charge in [-0.15, -0.1) is 0 Å². The summed E-state index contributed by atoms with van der Waals surface area (Å²) in [5, 5.41) is 3.08. The van der Waals surface area contributed by atoms with Gasteiger partial charge in [0.25, 0.3) is 0 Å². The molecule has 0 aromatic heterocycles. The summed E-state index contributed by atoms with van der Waals surface area (Å²) in [6.45, 7) is 5.45. The van der Waals surface area contributed by atoms with Crippen molar-refractivity contribution in [1.82, 2.24) is 10.2 Å². The van der Waals surface area contributed by atoms with Crippen LogP contribution in [0.15, 0.2) is 18.2 Å². The topological polar surface area (TPSA) is 88.2 Å². The van der Waals surface area contributed by atoms with Crippen LogP contribution in [0, 0.1) is 11.8 Å². The molecule has 8 heteroatoms. The van der Waals surface area contributed by atoms with Crippen molar-refractivity contribution in [3.63, 3.8) is 0 Å². The van der Waals surface area contributed by atoms with Crippen LogP contribution in [-0.4, -0.2) is 62.5 Å². The monoisotopic (exact) mass is 417 g/mol. The van der Waals surface area contributed by atoms with Crippen LogP contribution >= 0.6 is 0 Å². The van der Waals surface area contributed by atoms with Gasteiger partial charge >= 0.3 is 0 Å². The third kappa shape index (κ3) is 4.68. The first-order valence-corrected chi connectivity index (χ1v) is 10.5. The van der Waals surface area contributed by atoms with Crippen molar-refractivity contribution in [1.29, 1.82) is 0 Å². The summed E-state index contributed by atoms with van der Waals surface area (Å²) in [5.41, 5.74) is 0.688. The average Bonchev–Trinajstić information content (AvgIpc) is 3.15. The Morgan fingerprint density at radius 3 is 2.37 bits per heavy atom. The van der Waals surface area contributed by atoms with Crippen LogP contribution in [-0.2, 0) is 14.4 Å². The van der Waals surface area contributed by atoms with E-state index in [0.717, 1.165) is 12.8 Å². The number of methoxy groups -OCH3 is 2. The van der Waals surface area contributed by atoms with Gasteiger partial charge in [-0.05, 0) is 25.0 Å². The van der Waals surface area contributed by atoms with E-state index in [9.17, 15) is 14.4 Å². The van der Waals surface area contributed by atoms with Crippen molar-refractivity contribution in [3.8, 4) is 11.5 Å². The first-order chi connectivity index (χ1) is 14.3. The van der Waals surface area contributed by atoms with Crippen molar-refractivity contribution in [3.05, 3.63) is 18.2 Å². The summed E-state index contributed by atoms with van der Waals surface area (Å²) in [6.07, 6.45) is 1.67. The maximum absolute atomic E-state index is 12.8. The Hall–Kier alpha value is -2.77. The number of nitrogens with zero attached hydrogens (tertiary/aromatic N) is 2. The normalized spacial score (nSPS) is 19.9. The SMILES string of the molecule is COc1ccc(N2CC(C(=O)NC3CCN(C(=O)C(C)C)CC3)CC2=O)cc1OC. The zero-order valence-corrected chi connectivity index (χ0v) is 18.1. The molecule has 0 aliphatic carbocycles. The molecule has 1 N–H and O–H groups in total. The van der Waals surface area contributed by atoms with E-state index in [1.54, 1.807) is 37.3 Å². The fraction of sp³-hybridized carbons (Fsp3) is 0.591. The van der Waals surface area contributed by atoms with Crippen molar-refractivity contribution in [2.75, 3.05) is 38.8 Å². The van der Waals surface area contributed by atoms with Gasteiger partial charge in [0.15, 0.2) is 11.5 Å². The molecule has 1 unspecified atom stereocenters. The van der Waals surface area contributed by atoms with Gasteiger partial charge in [0.05, 0.1) is 20.1 Å². The van der Waals surface area contributed by atoms with Gasteiger partial charge in [-0.3, -0.25) is 14.4 Å². The lowest BCUT2D eigenvalue weighted by atomic mass is 10.0. The van der Waals surface area contributed by atoms with Gasteiger partial charge in [0.2, 0.25) is 17.7 Å². The molecule has 0 radical (unpaired) electrons. The van der Waals surface area contributed by atoms with Crippen LogP contribution in [0.3, 0.4) is 0 Å². The summed E-state index contributed by atoms with van der Waals surface area (Å²) in [7, 11) is 3.10. The average molecular weight is 418 g/mol. The second kappa shape index (κ2) is 9.36. The highest BCUT2D eigenvalue weighted by Crippen LogP contribution is 2.34. The minimum absolute atomic E-state index is 0.0109. The number of benzene rings is 1. The molecule has 30 heavy (non-hydrogen) atoms. The summed E-state index contributed by atoms with van der Waals surface area (Å²) < 4.78 is 10.6. The predicted octanol–water partition coefficient (Wildman–Crippen LogP) is 1.82. The number of carbonyl (C=O) groups is 3. The quantitative estimate of drug-likeness (QED) is 0.763. The minimum atomic E-state index is -0.388. The highest BCUT2D eigenvalue weighted by Gasteiger charge is 2.36. The van der Waals surface area contributed by atoms with Crippen LogP contribution in [0.4, 0.5) is 5.69 Å². The molecule has 2 aliphatic rings. The lowest BCUT2D eigenvalue weighted by Crippen LogP contribution is -2.48. The van der Waals surface area contributed by atoms with Crippen molar-refractivity contribution in [2.24, 2.45) is 11.8 Å². The molecular formula is C22H31N3O5. The molecule has 164 valence electrons. The standard InChI is InChI=1S/C22H31N3O5/c1-14(2)22(28)24-9-7-16(8-10-24)23-21(27)15-11-20(26)25(13-15)17-5-6-18(29-3)19(12-17)30-4/h5-6,12,14-16H,7-11,13H2,1-4H3,(H,23,27). The largest absolute Gasteiger partial charge is 0.493 e. The van der Waals surface area contributed by atoms with Crippen LogP contribution in [0.2, 0.25) is 0 Å². The maximum atomic E-state index is 12.8. The lowest BCUT2D eigenvalue weighted by Gasteiger charge is -2.33. The van der Waals surface area contributed by atoms with Crippen molar-refractivity contribution < 1.29 is 23.9 Å². The fourth-order valence-electron chi connectivity index (χ4n) is 4.05. The predicted molar refractivity (Wildman–Crippen MR) is 113 cm³/mol. The van der Waals surface area contributed by atoms with Crippen molar-refractivity contribution >= 4 is 23.4 Å². The van der Waals surface area contributed by atoms with Gasteiger partial charge in [0, 0.05) is 49.8 Å². The molecule has 8 nitrogen and oxygen atoms in total. The van der Waals surface area contributed by atoms with E-state index < -0.39 is 0 Å². The second-order valence-electron chi connectivity index (χ2n) is 8.21. The molecular weight excluding hydrogens is 386 g/mol. The number of ether oxygens (including phenoxy) is 2. The summed E-state index contributed by atoms with van der Waals surface area (Å²) in [4.78, 5) is 40.9. The number of amides is 3. The number of rotatable bonds is 6. The fourth-order valence-corrected chi connectivity index (χ4v) is 4.05. The molecule has 0 bridgehead atoms. The summed E-state index contributed by atoms with van der Waals surface area (Å²) in [6, 6.07) is 5.33. The maximum Gasteiger partial charge on any atom is 0.227 e. The zero-order valence-electron chi connectivity index (χ0n) is 18.1. The van der Waals surface area contributed by atoms with Gasteiger partial charge in [-0.25, -0.2) is 0 Å². The Kier molecular flexibility index (Phi) is 6.84. The Labute approximate surface area is 177 Å². The van der Waals surface area contributed by atoms with E-state index in [0.29, 0.717) is 36.8 Å². The molecule has 1 aromatic carbocycles. The summed E-state index contributed by atoms with van der Waals surface area (Å²) in [5.74, 6) is 0.707. The number of carbonyl (C=O) groups excluding carboxylic acids is 3. The van der Waals surface area contributed by atoms with Crippen LogP contribution < -0.4 is 19.7 Å². The third-order valence-corrected chi connectivity index (χ3v) is 5.82. The highest BCUT2D eigenvalue weighted by atomic mass is 16.5. The first kappa shape index (κ1) is 21.9. The Morgan fingerprint density at radius 1 is 1.10 bits per heavy atom. The van der Waals surface area contributed by atoms with Crippen LogP contribution in [0.25, 0.3) is 0 Å². The Morgan fingerprint density at radius 2 is 1.77 bits per heavy atom. The number of nitrogens with one attached hydrogen (secondary N) is 1. The molecule has 2 saturated heterocycles. The summed E-state index contributed by atoms with van der Waals surface area (Å²) >= 11 is 0. The smallest absolute Gasteiger partial charge is 0.227 e. The van der Waals surface area contributed by atoms with E-state index in [4.69, 9.17) is 9.47 Å². The number of piperidine rings is 1. The van der Waals surface area contributed by atoms with E-state index in [1.807, 2.05) is 18.7 Å². The molecule has 0 spiro atoms. The number of hydrogen-bond acceptors (Lipinski definition) is 5. The molecule has 2 aliphatic heterocycles.